The normalized spacial score (nSPS) is 16.2. The average Bonchev–Trinajstić information content (AvgIpc) is 2.44. The van der Waals surface area contributed by atoms with Crippen molar-refractivity contribution >= 4 is 6.09 Å². The maximum Gasteiger partial charge on any atom is 0.409 e. The quantitative estimate of drug-likeness (QED) is 0.853. The van der Waals surface area contributed by atoms with E-state index in [2.05, 4.69) is 4.90 Å². The fourth-order valence-corrected chi connectivity index (χ4v) is 2.20. The van der Waals surface area contributed by atoms with Crippen molar-refractivity contribution in [3.63, 3.8) is 0 Å². The number of nitrogens with zero attached hydrogens (tertiary/aromatic N) is 2. The standard InChI is InChI=1S/C14H18F2N2O2/c1-2-20-14(19)18-7-5-17(6-8-18)10-11-3-4-12(15)13(16)9-11/h3-4,9H,2,5-8,10H2,1H3. The predicted molar refractivity (Wildman–Crippen MR) is 70.2 cm³/mol. The van der Waals surface area contributed by atoms with E-state index in [9.17, 15) is 13.6 Å². The van der Waals surface area contributed by atoms with Gasteiger partial charge < -0.3 is 9.64 Å². The molecule has 1 heterocycles. The van der Waals surface area contributed by atoms with Crippen LogP contribution >= 0.6 is 0 Å². The van der Waals surface area contributed by atoms with Gasteiger partial charge in [0.05, 0.1) is 6.61 Å². The van der Waals surface area contributed by atoms with Gasteiger partial charge >= 0.3 is 6.09 Å². The number of benzene rings is 1. The van der Waals surface area contributed by atoms with Gasteiger partial charge in [-0.1, -0.05) is 6.07 Å². The SMILES string of the molecule is CCOC(=O)N1CCN(Cc2ccc(F)c(F)c2)CC1. The maximum atomic E-state index is 13.1. The molecule has 4 nitrogen and oxygen atoms in total. The Hall–Kier alpha value is -1.69. The summed E-state index contributed by atoms with van der Waals surface area (Å²) in [5.41, 5.74) is 0.730. The van der Waals surface area contributed by atoms with Gasteiger partial charge in [0.25, 0.3) is 0 Å². The first kappa shape index (κ1) is 14.7. The molecule has 1 amide bonds. The first-order valence-electron chi connectivity index (χ1n) is 6.68. The molecule has 110 valence electrons. The summed E-state index contributed by atoms with van der Waals surface area (Å²) < 4.78 is 30.9. The Bertz CT molecular complexity index is 474. The van der Waals surface area contributed by atoms with Crippen LogP contribution < -0.4 is 0 Å². The summed E-state index contributed by atoms with van der Waals surface area (Å²) >= 11 is 0. The molecule has 1 fully saturated rings. The molecule has 0 bridgehead atoms. The zero-order chi connectivity index (χ0) is 14.5. The monoisotopic (exact) mass is 284 g/mol. The van der Waals surface area contributed by atoms with Crippen molar-refractivity contribution in [2.75, 3.05) is 32.8 Å². The van der Waals surface area contributed by atoms with Crippen LogP contribution in [0.1, 0.15) is 12.5 Å². The van der Waals surface area contributed by atoms with Crippen LogP contribution in [-0.4, -0.2) is 48.7 Å². The molecule has 1 saturated heterocycles. The molecule has 0 unspecified atom stereocenters. The van der Waals surface area contributed by atoms with Crippen LogP contribution in [0.15, 0.2) is 18.2 Å². The molecular formula is C14H18F2N2O2. The Morgan fingerprint density at radius 2 is 1.90 bits per heavy atom. The van der Waals surface area contributed by atoms with Crippen LogP contribution in [0.2, 0.25) is 0 Å². The molecule has 2 rings (SSSR count). The number of hydrogen-bond donors (Lipinski definition) is 0. The number of piperazine rings is 1. The van der Waals surface area contributed by atoms with Gasteiger partial charge in [-0.2, -0.15) is 0 Å². The van der Waals surface area contributed by atoms with Gasteiger partial charge in [0.2, 0.25) is 0 Å². The predicted octanol–water partition coefficient (Wildman–Crippen LogP) is 2.24. The number of ether oxygens (including phenoxy) is 1. The van der Waals surface area contributed by atoms with E-state index in [0.29, 0.717) is 39.3 Å². The largest absolute Gasteiger partial charge is 0.450 e. The number of carbonyl (C=O) groups is 1. The molecule has 0 aromatic heterocycles. The molecule has 0 atom stereocenters. The fourth-order valence-electron chi connectivity index (χ4n) is 2.20. The van der Waals surface area contributed by atoms with Gasteiger partial charge in [0.1, 0.15) is 0 Å². The second-order valence-corrected chi connectivity index (χ2v) is 4.71. The highest BCUT2D eigenvalue weighted by Crippen LogP contribution is 2.13. The van der Waals surface area contributed by atoms with Crippen molar-refractivity contribution < 1.29 is 18.3 Å². The summed E-state index contributed by atoms with van der Waals surface area (Å²) in [6, 6.07) is 3.93. The zero-order valence-electron chi connectivity index (χ0n) is 11.4. The Balaban J connectivity index is 1.85. The molecule has 0 aliphatic carbocycles. The van der Waals surface area contributed by atoms with E-state index in [4.69, 9.17) is 4.74 Å². The Morgan fingerprint density at radius 3 is 2.50 bits per heavy atom. The second kappa shape index (κ2) is 6.65. The molecule has 1 aromatic carbocycles. The van der Waals surface area contributed by atoms with Crippen LogP contribution in [0.25, 0.3) is 0 Å². The summed E-state index contributed by atoms with van der Waals surface area (Å²) in [6.45, 7) is 5.25. The van der Waals surface area contributed by atoms with E-state index in [1.54, 1.807) is 17.9 Å². The Morgan fingerprint density at radius 1 is 1.20 bits per heavy atom. The van der Waals surface area contributed by atoms with Crippen LogP contribution in [0.4, 0.5) is 13.6 Å². The van der Waals surface area contributed by atoms with Crippen LogP contribution in [0, 0.1) is 11.6 Å². The lowest BCUT2D eigenvalue weighted by atomic mass is 10.2. The molecule has 0 radical (unpaired) electrons. The van der Waals surface area contributed by atoms with Crippen LogP contribution in [-0.2, 0) is 11.3 Å². The summed E-state index contributed by atoms with van der Waals surface area (Å²) in [5, 5.41) is 0. The number of rotatable bonds is 3. The average molecular weight is 284 g/mol. The molecular weight excluding hydrogens is 266 g/mol. The lowest BCUT2D eigenvalue weighted by molar-refractivity contribution is 0.0778. The van der Waals surface area contributed by atoms with E-state index in [1.165, 1.54) is 6.07 Å². The van der Waals surface area contributed by atoms with Gasteiger partial charge in [-0.3, -0.25) is 4.90 Å². The molecule has 20 heavy (non-hydrogen) atoms. The Kier molecular flexibility index (Phi) is 4.89. The van der Waals surface area contributed by atoms with Crippen molar-refractivity contribution in [3.05, 3.63) is 35.4 Å². The molecule has 6 heteroatoms. The lowest BCUT2D eigenvalue weighted by Crippen LogP contribution is -2.48. The summed E-state index contributed by atoms with van der Waals surface area (Å²) in [6.07, 6.45) is -0.292. The highest BCUT2D eigenvalue weighted by atomic mass is 19.2. The Labute approximate surface area is 116 Å². The summed E-state index contributed by atoms with van der Waals surface area (Å²) in [5.74, 6) is -1.66. The van der Waals surface area contributed by atoms with Gasteiger partial charge in [-0.25, -0.2) is 13.6 Å². The highest BCUT2D eigenvalue weighted by Gasteiger charge is 2.21. The maximum absolute atomic E-state index is 13.1. The van der Waals surface area contributed by atoms with Crippen molar-refractivity contribution in [2.24, 2.45) is 0 Å². The summed E-state index contributed by atoms with van der Waals surface area (Å²) in [4.78, 5) is 15.3. The van der Waals surface area contributed by atoms with E-state index < -0.39 is 11.6 Å². The van der Waals surface area contributed by atoms with Gasteiger partial charge in [-0.15, -0.1) is 0 Å². The van der Waals surface area contributed by atoms with E-state index in [0.717, 1.165) is 11.6 Å². The first-order chi connectivity index (χ1) is 9.60. The fraction of sp³-hybridized carbons (Fsp3) is 0.500. The molecule has 1 aliphatic rings. The zero-order valence-corrected chi connectivity index (χ0v) is 11.4. The van der Waals surface area contributed by atoms with Crippen molar-refractivity contribution in [3.8, 4) is 0 Å². The highest BCUT2D eigenvalue weighted by molar-refractivity contribution is 5.67. The second-order valence-electron chi connectivity index (χ2n) is 4.71. The van der Waals surface area contributed by atoms with Gasteiger partial charge in [0.15, 0.2) is 11.6 Å². The lowest BCUT2D eigenvalue weighted by Gasteiger charge is -2.34. The van der Waals surface area contributed by atoms with E-state index >= 15 is 0 Å². The van der Waals surface area contributed by atoms with Crippen molar-refractivity contribution in [1.29, 1.82) is 0 Å². The van der Waals surface area contributed by atoms with Crippen LogP contribution in [0.5, 0.6) is 0 Å². The minimum atomic E-state index is -0.833. The third-order valence-corrected chi connectivity index (χ3v) is 3.29. The van der Waals surface area contributed by atoms with Gasteiger partial charge in [0, 0.05) is 32.7 Å². The smallest absolute Gasteiger partial charge is 0.409 e. The summed E-state index contributed by atoms with van der Waals surface area (Å²) in [7, 11) is 0. The number of amides is 1. The number of halogens is 2. The molecule has 0 N–H and O–H groups in total. The molecule has 0 spiro atoms. The number of hydrogen-bond acceptors (Lipinski definition) is 3. The third kappa shape index (κ3) is 3.66. The van der Waals surface area contributed by atoms with E-state index in [-0.39, 0.29) is 6.09 Å². The minimum Gasteiger partial charge on any atom is -0.450 e. The van der Waals surface area contributed by atoms with Crippen molar-refractivity contribution in [1.82, 2.24) is 9.80 Å². The number of carbonyl (C=O) groups excluding carboxylic acids is 1. The van der Waals surface area contributed by atoms with Crippen molar-refractivity contribution in [2.45, 2.75) is 13.5 Å². The van der Waals surface area contributed by atoms with Gasteiger partial charge in [-0.05, 0) is 24.6 Å². The van der Waals surface area contributed by atoms with E-state index in [1.807, 2.05) is 0 Å². The van der Waals surface area contributed by atoms with Crippen LogP contribution in [0.3, 0.4) is 0 Å². The first-order valence-corrected chi connectivity index (χ1v) is 6.68. The molecule has 1 aliphatic heterocycles. The molecule has 0 saturated carbocycles. The molecule has 1 aromatic rings. The topological polar surface area (TPSA) is 32.8 Å². The third-order valence-electron chi connectivity index (χ3n) is 3.29. The minimum absolute atomic E-state index is 0.292.